The molecule has 3 rings (SSSR count). The van der Waals surface area contributed by atoms with Crippen molar-refractivity contribution in [2.45, 2.75) is 25.4 Å². The number of furan rings is 1. The third-order valence-electron chi connectivity index (χ3n) is 2.97. The Hall–Kier alpha value is -1.26. The molecule has 1 fully saturated rings. The van der Waals surface area contributed by atoms with Gasteiger partial charge in [0, 0.05) is 12.6 Å². The van der Waals surface area contributed by atoms with Crippen LogP contribution in [0.3, 0.4) is 0 Å². The summed E-state index contributed by atoms with van der Waals surface area (Å²) < 4.78 is 5.20. The maximum atomic E-state index is 12.3. The average Bonchev–Trinajstić information content (AvgIpc) is 2.88. The number of carbonyl (C=O) groups is 1. The maximum absolute atomic E-state index is 12.3. The standard InChI is InChI=1S/C13H12ClNO2S/c14-12-4-3-11(17-12)13(16)15(10-1-2-10)7-9-5-6-18-8-9/h3-6,8,10H,1-2,7H2. The van der Waals surface area contributed by atoms with Gasteiger partial charge in [0.2, 0.25) is 0 Å². The molecule has 18 heavy (non-hydrogen) atoms. The van der Waals surface area contributed by atoms with Gasteiger partial charge < -0.3 is 9.32 Å². The summed E-state index contributed by atoms with van der Waals surface area (Å²) in [7, 11) is 0. The van der Waals surface area contributed by atoms with Crippen molar-refractivity contribution in [1.29, 1.82) is 0 Å². The van der Waals surface area contributed by atoms with Crippen molar-refractivity contribution in [3.8, 4) is 0 Å². The Morgan fingerprint density at radius 1 is 1.44 bits per heavy atom. The fourth-order valence-electron chi connectivity index (χ4n) is 1.90. The highest BCUT2D eigenvalue weighted by atomic mass is 35.5. The minimum absolute atomic E-state index is 0.0735. The van der Waals surface area contributed by atoms with E-state index in [0.29, 0.717) is 18.3 Å². The fraction of sp³-hybridized carbons (Fsp3) is 0.308. The van der Waals surface area contributed by atoms with Crippen molar-refractivity contribution in [3.63, 3.8) is 0 Å². The van der Waals surface area contributed by atoms with Gasteiger partial charge in [0.25, 0.3) is 5.91 Å². The number of nitrogens with zero attached hydrogens (tertiary/aromatic N) is 1. The van der Waals surface area contributed by atoms with Crippen LogP contribution in [-0.2, 0) is 6.54 Å². The molecule has 0 aliphatic heterocycles. The molecule has 0 spiro atoms. The van der Waals surface area contributed by atoms with E-state index in [1.807, 2.05) is 16.3 Å². The Morgan fingerprint density at radius 3 is 2.83 bits per heavy atom. The fourth-order valence-corrected chi connectivity index (χ4v) is 2.71. The van der Waals surface area contributed by atoms with Crippen LogP contribution in [0.15, 0.2) is 33.4 Å². The second kappa shape index (κ2) is 4.78. The van der Waals surface area contributed by atoms with E-state index in [2.05, 4.69) is 5.38 Å². The molecule has 3 nitrogen and oxygen atoms in total. The van der Waals surface area contributed by atoms with Gasteiger partial charge in [-0.1, -0.05) is 0 Å². The Morgan fingerprint density at radius 2 is 2.28 bits per heavy atom. The topological polar surface area (TPSA) is 33.5 Å². The van der Waals surface area contributed by atoms with E-state index in [4.69, 9.17) is 16.0 Å². The molecule has 94 valence electrons. The summed E-state index contributed by atoms with van der Waals surface area (Å²) in [6.07, 6.45) is 2.15. The lowest BCUT2D eigenvalue weighted by molar-refractivity contribution is 0.0698. The summed E-state index contributed by atoms with van der Waals surface area (Å²) in [5, 5.41) is 4.34. The first-order valence-electron chi connectivity index (χ1n) is 5.81. The zero-order valence-electron chi connectivity index (χ0n) is 9.64. The van der Waals surface area contributed by atoms with Gasteiger partial charge in [-0.05, 0) is 59.0 Å². The summed E-state index contributed by atoms with van der Waals surface area (Å²) in [5.41, 5.74) is 1.16. The lowest BCUT2D eigenvalue weighted by Crippen LogP contribution is -2.32. The van der Waals surface area contributed by atoms with E-state index >= 15 is 0 Å². The number of halogens is 1. The zero-order valence-corrected chi connectivity index (χ0v) is 11.2. The molecule has 2 aromatic rings. The predicted octanol–water partition coefficient (Wildman–Crippen LogP) is 3.80. The molecule has 1 amide bonds. The van der Waals surface area contributed by atoms with E-state index in [9.17, 15) is 4.79 Å². The van der Waals surface area contributed by atoms with Gasteiger partial charge in [-0.3, -0.25) is 4.79 Å². The average molecular weight is 282 g/mol. The molecular weight excluding hydrogens is 270 g/mol. The highest BCUT2D eigenvalue weighted by Crippen LogP contribution is 2.30. The molecule has 5 heteroatoms. The molecule has 2 heterocycles. The van der Waals surface area contributed by atoms with Crippen LogP contribution in [0.25, 0.3) is 0 Å². The quantitative estimate of drug-likeness (QED) is 0.854. The lowest BCUT2D eigenvalue weighted by Gasteiger charge is -2.20. The third kappa shape index (κ3) is 2.44. The molecule has 0 saturated heterocycles. The van der Waals surface area contributed by atoms with Crippen LogP contribution in [-0.4, -0.2) is 16.8 Å². The van der Waals surface area contributed by atoms with Gasteiger partial charge in [0.15, 0.2) is 11.0 Å². The first kappa shape index (κ1) is 11.8. The largest absolute Gasteiger partial charge is 0.440 e. The zero-order chi connectivity index (χ0) is 12.5. The monoisotopic (exact) mass is 281 g/mol. The van der Waals surface area contributed by atoms with Gasteiger partial charge in [-0.2, -0.15) is 11.3 Å². The molecule has 0 bridgehead atoms. The van der Waals surface area contributed by atoms with E-state index in [-0.39, 0.29) is 11.1 Å². The van der Waals surface area contributed by atoms with Gasteiger partial charge in [-0.15, -0.1) is 0 Å². The van der Waals surface area contributed by atoms with E-state index < -0.39 is 0 Å². The van der Waals surface area contributed by atoms with Crippen molar-refractivity contribution >= 4 is 28.8 Å². The molecule has 1 aliphatic carbocycles. The number of thiophene rings is 1. The number of hydrogen-bond acceptors (Lipinski definition) is 3. The molecule has 0 radical (unpaired) electrons. The van der Waals surface area contributed by atoms with E-state index in [1.165, 1.54) is 0 Å². The van der Waals surface area contributed by atoms with Crippen LogP contribution >= 0.6 is 22.9 Å². The van der Waals surface area contributed by atoms with Crippen LogP contribution in [0.4, 0.5) is 0 Å². The second-order valence-corrected chi connectivity index (χ2v) is 5.55. The molecule has 1 saturated carbocycles. The van der Waals surface area contributed by atoms with Gasteiger partial charge >= 0.3 is 0 Å². The molecule has 0 atom stereocenters. The maximum Gasteiger partial charge on any atom is 0.290 e. The molecule has 0 aromatic carbocycles. The van der Waals surface area contributed by atoms with E-state index in [0.717, 1.165) is 18.4 Å². The van der Waals surface area contributed by atoms with Crippen molar-refractivity contribution < 1.29 is 9.21 Å². The third-order valence-corrected chi connectivity index (χ3v) is 3.90. The van der Waals surface area contributed by atoms with Crippen LogP contribution in [0.2, 0.25) is 5.22 Å². The van der Waals surface area contributed by atoms with Gasteiger partial charge in [-0.25, -0.2) is 0 Å². The summed E-state index contributed by atoms with van der Waals surface area (Å²) in [4.78, 5) is 14.2. The van der Waals surface area contributed by atoms with Crippen LogP contribution < -0.4 is 0 Å². The minimum atomic E-state index is -0.0735. The molecular formula is C13H12ClNO2S. The Labute approximate surface area is 114 Å². The molecule has 1 aliphatic rings. The van der Waals surface area contributed by atoms with Crippen molar-refractivity contribution in [2.75, 3.05) is 0 Å². The SMILES string of the molecule is O=C(c1ccc(Cl)o1)N(Cc1ccsc1)C1CC1. The first-order valence-corrected chi connectivity index (χ1v) is 7.13. The Kier molecular flexibility index (Phi) is 3.14. The van der Waals surface area contributed by atoms with Crippen LogP contribution in [0, 0.1) is 0 Å². The summed E-state index contributed by atoms with van der Waals surface area (Å²) >= 11 is 7.35. The van der Waals surface area contributed by atoms with Crippen molar-refractivity contribution in [1.82, 2.24) is 4.90 Å². The Bertz CT molecular complexity index is 545. The normalized spacial score (nSPS) is 14.7. The first-order chi connectivity index (χ1) is 8.74. The van der Waals surface area contributed by atoms with Crippen molar-refractivity contribution in [2.24, 2.45) is 0 Å². The second-order valence-electron chi connectivity index (χ2n) is 4.40. The Balaban J connectivity index is 1.79. The summed E-state index contributed by atoms with van der Waals surface area (Å²) in [6, 6.07) is 5.63. The van der Waals surface area contributed by atoms with Gasteiger partial charge in [0.1, 0.15) is 0 Å². The smallest absolute Gasteiger partial charge is 0.290 e. The van der Waals surface area contributed by atoms with Crippen LogP contribution in [0.1, 0.15) is 29.0 Å². The number of hydrogen-bond donors (Lipinski definition) is 0. The minimum Gasteiger partial charge on any atom is -0.440 e. The molecule has 0 N–H and O–H groups in total. The molecule has 0 unspecified atom stereocenters. The highest BCUT2D eigenvalue weighted by Gasteiger charge is 2.34. The number of carbonyl (C=O) groups excluding carboxylic acids is 1. The number of rotatable bonds is 4. The molecule has 2 aromatic heterocycles. The predicted molar refractivity (Wildman–Crippen MR) is 70.9 cm³/mol. The van der Waals surface area contributed by atoms with Crippen molar-refractivity contribution in [3.05, 3.63) is 45.5 Å². The highest BCUT2D eigenvalue weighted by molar-refractivity contribution is 7.07. The lowest BCUT2D eigenvalue weighted by atomic mass is 10.3. The number of amides is 1. The van der Waals surface area contributed by atoms with Crippen LogP contribution in [0.5, 0.6) is 0 Å². The summed E-state index contributed by atoms with van der Waals surface area (Å²) in [5.74, 6) is 0.248. The summed E-state index contributed by atoms with van der Waals surface area (Å²) in [6.45, 7) is 0.644. The van der Waals surface area contributed by atoms with Gasteiger partial charge in [0.05, 0.1) is 0 Å². The van der Waals surface area contributed by atoms with E-state index in [1.54, 1.807) is 23.5 Å².